The van der Waals surface area contributed by atoms with Gasteiger partial charge in [0, 0.05) is 6.04 Å². The minimum atomic E-state index is -1.06. The maximum Gasteiger partial charge on any atom is 0.127 e. The zero-order chi connectivity index (χ0) is 8.27. The summed E-state index contributed by atoms with van der Waals surface area (Å²) in [6.45, 7) is 2.50. The fraction of sp³-hybridized carbons (Fsp3) is 1.00. The largest absolute Gasteiger partial charge is 0.390 e. The molecule has 3 heteroatoms. The third-order valence-corrected chi connectivity index (χ3v) is 2.20. The summed E-state index contributed by atoms with van der Waals surface area (Å²) >= 11 is 0. The van der Waals surface area contributed by atoms with Crippen LogP contribution in [0.15, 0.2) is 0 Å². The molecular weight excluding hydrogens is 145 g/mol. The van der Waals surface area contributed by atoms with E-state index in [0.29, 0.717) is 12.5 Å². The second-order valence-corrected chi connectivity index (χ2v) is 3.29. The number of aliphatic hydroxyl groups excluding tert-OH is 1. The number of aliphatic hydroxyl groups is 1. The molecule has 0 aromatic rings. The molecule has 0 spiro atoms. The van der Waals surface area contributed by atoms with Gasteiger partial charge in [-0.3, -0.25) is 0 Å². The molecule has 1 saturated heterocycles. The van der Waals surface area contributed by atoms with Crippen molar-refractivity contribution in [2.45, 2.75) is 44.5 Å². The van der Waals surface area contributed by atoms with Crippen LogP contribution < -0.4 is 5.32 Å². The molecule has 0 saturated carbocycles. The van der Waals surface area contributed by atoms with Crippen molar-refractivity contribution in [1.82, 2.24) is 5.32 Å². The summed E-state index contributed by atoms with van der Waals surface area (Å²) < 4.78 is 12.9. The second kappa shape index (κ2) is 4.02. The van der Waals surface area contributed by atoms with Crippen molar-refractivity contribution in [3.8, 4) is 0 Å². The Morgan fingerprint density at radius 2 is 2.45 bits per heavy atom. The van der Waals surface area contributed by atoms with E-state index < -0.39 is 12.3 Å². The predicted octanol–water partition coefficient (Wildman–Crippen LogP) is 0.847. The molecule has 0 amide bonds. The topological polar surface area (TPSA) is 32.3 Å². The van der Waals surface area contributed by atoms with Gasteiger partial charge in [-0.2, -0.15) is 0 Å². The molecule has 0 aliphatic carbocycles. The van der Waals surface area contributed by atoms with Gasteiger partial charge in [-0.1, -0.05) is 0 Å². The van der Waals surface area contributed by atoms with Crippen molar-refractivity contribution in [2.24, 2.45) is 0 Å². The average molecular weight is 161 g/mol. The normalized spacial score (nSPS) is 30.3. The first-order valence-corrected chi connectivity index (χ1v) is 4.25. The first-order chi connectivity index (χ1) is 5.20. The summed E-state index contributed by atoms with van der Waals surface area (Å²) in [6, 6.07) is 0.291. The van der Waals surface area contributed by atoms with Gasteiger partial charge in [0.05, 0.1) is 6.10 Å². The van der Waals surface area contributed by atoms with E-state index in [-0.39, 0.29) is 0 Å². The minimum Gasteiger partial charge on any atom is -0.390 e. The molecule has 1 aliphatic rings. The third kappa shape index (κ3) is 2.75. The standard InChI is InChI=1S/C8H16FNO/c1-6(11)8(9)5-7-3-2-4-10-7/h6-8,10-11H,2-5H2,1H3. The monoisotopic (exact) mass is 161 g/mol. The van der Waals surface area contributed by atoms with E-state index in [9.17, 15) is 4.39 Å². The highest BCUT2D eigenvalue weighted by molar-refractivity contribution is 4.78. The quantitative estimate of drug-likeness (QED) is 0.643. The van der Waals surface area contributed by atoms with Crippen molar-refractivity contribution in [1.29, 1.82) is 0 Å². The minimum absolute atomic E-state index is 0.291. The highest BCUT2D eigenvalue weighted by Crippen LogP contribution is 2.14. The maximum atomic E-state index is 12.9. The summed E-state index contributed by atoms with van der Waals surface area (Å²) in [4.78, 5) is 0. The van der Waals surface area contributed by atoms with Gasteiger partial charge >= 0.3 is 0 Å². The lowest BCUT2D eigenvalue weighted by Gasteiger charge is -2.15. The second-order valence-electron chi connectivity index (χ2n) is 3.29. The Morgan fingerprint density at radius 1 is 1.73 bits per heavy atom. The van der Waals surface area contributed by atoms with Crippen LogP contribution in [-0.4, -0.2) is 30.0 Å². The zero-order valence-corrected chi connectivity index (χ0v) is 6.89. The van der Waals surface area contributed by atoms with E-state index >= 15 is 0 Å². The van der Waals surface area contributed by atoms with Crippen molar-refractivity contribution >= 4 is 0 Å². The first-order valence-electron chi connectivity index (χ1n) is 4.25. The smallest absolute Gasteiger partial charge is 0.127 e. The Kier molecular flexibility index (Phi) is 3.27. The highest BCUT2D eigenvalue weighted by atomic mass is 19.1. The molecule has 1 rings (SSSR count). The number of hydrogen-bond donors (Lipinski definition) is 2. The maximum absolute atomic E-state index is 12.9. The van der Waals surface area contributed by atoms with Gasteiger partial charge in [-0.05, 0) is 32.7 Å². The number of hydrogen-bond acceptors (Lipinski definition) is 2. The molecular formula is C8H16FNO. The summed E-state index contributed by atoms with van der Waals surface area (Å²) in [6.07, 6.45) is 0.755. The zero-order valence-electron chi connectivity index (χ0n) is 6.89. The molecule has 2 nitrogen and oxygen atoms in total. The van der Waals surface area contributed by atoms with E-state index in [2.05, 4.69) is 5.32 Å². The molecule has 0 aromatic carbocycles. The lowest BCUT2D eigenvalue weighted by Crippen LogP contribution is -2.29. The Hall–Kier alpha value is -0.150. The van der Waals surface area contributed by atoms with Crippen molar-refractivity contribution < 1.29 is 9.50 Å². The van der Waals surface area contributed by atoms with Crippen LogP contribution in [0, 0.1) is 0 Å². The van der Waals surface area contributed by atoms with Crippen molar-refractivity contribution in [3.05, 3.63) is 0 Å². The van der Waals surface area contributed by atoms with Gasteiger partial charge in [-0.25, -0.2) is 4.39 Å². The SMILES string of the molecule is CC(O)C(F)CC1CCCN1. The average Bonchev–Trinajstić information content (AvgIpc) is 2.39. The van der Waals surface area contributed by atoms with Crippen LogP contribution in [-0.2, 0) is 0 Å². The molecule has 2 N–H and O–H groups in total. The molecule has 66 valence electrons. The van der Waals surface area contributed by atoms with Gasteiger partial charge in [0.15, 0.2) is 0 Å². The fourth-order valence-electron chi connectivity index (χ4n) is 1.43. The molecule has 1 fully saturated rings. The summed E-state index contributed by atoms with van der Waals surface area (Å²) in [5.74, 6) is 0. The Balaban J connectivity index is 2.18. The van der Waals surface area contributed by atoms with Gasteiger partial charge in [-0.15, -0.1) is 0 Å². The molecule has 3 atom stereocenters. The Bertz CT molecular complexity index is 113. The van der Waals surface area contributed by atoms with Crippen LogP contribution in [0.25, 0.3) is 0 Å². The van der Waals surface area contributed by atoms with Crippen LogP contribution in [0.3, 0.4) is 0 Å². The van der Waals surface area contributed by atoms with Crippen molar-refractivity contribution in [3.63, 3.8) is 0 Å². The Labute approximate surface area is 66.8 Å². The van der Waals surface area contributed by atoms with Crippen LogP contribution in [0.2, 0.25) is 0 Å². The van der Waals surface area contributed by atoms with Crippen molar-refractivity contribution in [2.75, 3.05) is 6.54 Å². The third-order valence-electron chi connectivity index (χ3n) is 2.20. The first kappa shape index (κ1) is 8.94. The van der Waals surface area contributed by atoms with E-state index in [1.54, 1.807) is 0 Å². The summed E-state index contributed by atoms with van der Waals surface area (Å²) in [7, 11) is 0. The molecule has 3 unspecified atom stereocenters. The molecule has 1 heterocycles. The lowest BCUT2D eigenvalue weighted by molar-refractivity contribution is 0.0818. The van der Waals surface area contributed by atoms with Gasteiger partial charge in [0.2, 0.25) is 0 Å². The molecule has 0 bridgehead atoms. The summed E-state index contributed by atoms with van der Waals surface area (Å²) in [5, 5.41) is 12.1. The van der Waals surface area contributed by atoms with Gasteiger partial charge in [0.1, 0.15) is 6.17 Å². The van der Waals surface area contributed by atoms with Crippen LogP contribution >= 0.6 is 0 Å². The van der Waals surface area contributed by atoms with Gasteiger partial charge in [0.25, 0.3) is 0 Å². The van der Waals surface area contributed by atoms with Gasteiger partial charge < -0.3 is 10.4 Å². The van der Waals surface area contributed by atoms with Crippen LogP contribution in [0.1, 0.15) is 26.2 Å². The van der Waals surface area contributed by atoms with Crippen LogP contribution in [0.4, 0.5) is 4.39 Å². The molecule has 0 aromatic heterocycles. The number of rotatable bonds is 3. The summed E-state index contributed by atoms with van der Waals surface area (Å²) in [5.41, 5.74) is 0. The molecule has 1 aliphatic heterocycles. The predicted molar refractivity (Wildman–Crippen MR) is 42.2 cm³/mol. The number of alkyl halides is 1. The van der Waals surface area contributed by atoms with E-state index in [1.165, 1.54) is 6.92 Å². The Morgan fingerprint density at radius 3 is 2.91 bits per heavy atom. The highest BCUT2D eigenvalue weighted by Gasteiger charge is 2.21. The number of nitrogens with one attached hydrogen (secondary N) is 1. The van der Waals surface area contributed by atoms with Crippen LogP contribution in [0.5, 0.6) is 0 Å². The van der Waals surface area contributed by atoms with E-state index in [4.69, 9.17) is 5.11 Å². The van der Waals surface area contributed by atoms with E-state index in [1.807, 2.05) is 0 Å². The van der Waals surface area contributed by atoms with E-state index in [0.717, 1.165) is 19.4 Å². The molecule has 11 heavy (non-hydrogen) atoms. The molecule has 0 radical (unpaired) electrons. The number of halogens is 1. The fourth-order valence-corrected chi connectivity index (χ4v) is 1.43. The lowest BCUT2D eigenvalue weighted by atomic mass is 10.1.